The number of benzene rings is 1. The average Bonchev–Trinajstić information content (AvgIpc) is 3.08. The molecule has 0 spiro atoms. The number of aromatic nitrogens is 2. The van der Waals surface area contributed by atoms with Gasteiger partial charge in [0, 0.05) is 30.9 Å². The van der Waals surface area contributed by atoms with Crippen LogP contribution in [0.15, 0.2) is 42.6 Å². The Kier molecular flexibility index (Phi) is 3.42. The lowest BCUT2D eigenvalue weighted by Gasteiger charge is -2.15. The minimum atomic E-state index is 0.642. The maximum absolute atomic E-state index is 4.04. The molecule has 0 bridgehead atoms. The van der Waals surface area contributed by atoms with Gasteiger partial charge in [-0.2, -0.15) is 5.10 Å². The average molecular weight is 241 g/mol. The Morgan fingerprint density at radius 3 is 2.89 bits per heavy atom. The number of nitrogens with zero attached hydrogens (tertiary/aromatic N) is 2. The second-order valence-electron chi connectivity index (χ2n) is 5.03. The highest BCUT2D eigenvalue weighted by atomic mass is 15.2. The molecule has 3 heteroatoms. The maximum atomic E-state index is 4.04. The van der Waals surface area contributed by atoms with Crippen LogP contribution in [0.4, 0.5) is 0 Å². The van der Waals surface area contributed by atoms with E-state index < -0.39 is 0 Å². The van der Waals surface area contributed by atoms with Crippen molar-refractivity contribution in [2.45, 2.75) is 18.8 Å². The fourth-order valence-electron chi connectivity index (χ4n) is 2.72. The van der Waals surface area contributed by atoms with Gasteiger partial charge in [0.25, 0.3) is 0 Å². The summed E-state index contributed by atoms with van der Waals surface area (Å²) in [5.74, 6) is 0.642. The van der Waals surface area contributed by atoms with Crippen LogP contribution in [-0.2, 0) is 6.42 Å². The van der Waals surface area contributed by atoms with Crippen LogP contribution in [-0.4, -0.2) is 34.7 Å². The van der Waals surface area contributed by atoms with Crippen molar-refractivity contribution < 1.29 is 0 Å². The molecule has 3 nitrogen and oxygen atoms in total. The molecule has 18 heavy (non-hydrogen) atoms. The molecular weight excluding hydrogens is 222 g/mol. The second kappa shape index (κ2) is 5.36. The van der Waals surface area contributed by atoms with Gasteiger partial charge in [0.2, 0.25) is 0 Å². The van der Waals surface area contributed by atoms with Gasteiger partial charge in [0.1, 0.15) is 0 Å². The van der Waals surface area contributed by atoms with Crippen LogP contribution in [0.3, 0.4) is 0 Å². The van der Waals surface area contributed by atoms with Gasteiger partial charge >= 0.3 is 0 Å². The zero-order valence-corrected chi connectivity index (χ0v) is 10.5. The van der Waals surface area contributed by atoms with Crippen molar-refractivity contribution in [3.8, 4) is 0 Å². The first-order valence-corrected chi connectivity index (χ1v) is 6.67. The van der Waals surface area contributed by atoms with E-state index in [4.69, 9.17) is 0 Å². The van der Waals surface area contributed by atoms with Crippen LogP contribution in [0.25, 0.3) is 0 Å². The quantitative estimate of drug-likeness (QED) is 0.891. The predicted molar refractivity (Wildman–Crippen MR) is 72.5 cm³/mol. The first-order valence-electron chi connectivity index (χ1n) is 6.67. The summed E-state index contributed by atoms with van der Waals surface area (Å²) in [5.41, 5.74) is 2.72. The number of hydrogen-bond acceptors (Lipinski definition) is 2. The molecule has 2 aromatic rings. The fraction of sp³-hybridized carbons (Fsp3) is 0.400. The Labute approximate surface area is 108 Å². The molecule has 0 saturated carbocycles. The summed E-state index contributed by atoms with van der Waals surface area (Å²) < 4.78 is 0. The van der Waals surface area contributed by atoms with Gasteiger partial charge in [-0.15, -0.1) is 0 Å². The van der Waals surface area contributed by atoms with Crippen LogP contribution >= 0.6 is 0 Å². The van der Waals surface area contributed by atoms with Crippen LogP contribution in [0.2, 0.25) is 0 Å². The van der Waals surface area contributed by atoms with E-state index in [-0.39, 0.29) is 0 Å². The van der Waals surface area contributed by atoms with Crippen LogP contribution in [0, 0.1) is 0 Å². The molecule has 0 radical (unpaired) electrons. The summed E-state index contributed by atoms with van der Waals surface area (Å²) in [6.45, 7) is 3.53. The fourth-order valence-corrected chi connectivity index (χ4v) is 2.72. The number of rotatable bonds is 4. The molecule has 0 unspecified atom stereocenters. The van der Waals surface area contributed by atoms with Gasteiger partial charge in [0.05, 0.1) is 0 Å². The van der Waals surface area contributed by atoms with E-state index >= 15 is 0 Å². The third kappa shape index (κ3) is 2.62. The standard InChI is InChI=1S/C15H19N3/c1-2-4-13(5-3-1)7-10-18-11-8-14(12-18)15-6-9-16-17-15/h1-6,9,14H,7-8,10-12H2,(H,16,17)/t14-/m0/s1. The van der Waals surface area contributed by atoms with E-state index in [1.165, 1.54) is 24.2 Å². The number of nitrogens with one attached hydrogen (secondary N) is 1. The molecule has 1 aliphatic rings. The van der Waals surface area contributed by atoms with Crippen LogP contribution < -0.4 is 0 Å². The van der Waals surface area contributed by atoms with Gasteiger partial charge in [-0.25, -0.2) is 0 Å². The van der Waals surface area contributed by atoms with E-state index in [2.05, 4.69) is 51.5 Å². The van der Waals surface area contributed by atoms with Gasteiger partial charge in [-0.1, -0.05) is 30.3 Å². The Morgan fingerprint density at radius 1 is 1.22 bits per heavy atom. The second-order valence-corrected chi connectivity index (χ2v) is 5.03. The van der Waals surface area contributed by atoms with E-state index in [0.717, 1.165) is 19.5 Å². The van der Waals surface area contributed by atoms with Crippen molar-refractivity contribution in [1.82, 2.24) is 15.1 Å². The van der Waals surface area contributed by atoms with E-state index in [1.54, 1.807) is 0 Å². The molecule has 94 valence electrons. The van der Waals surface area contributed by atoms with Crippen molar-refractivity contribution in [3.05, 3.63) is 53.9 Å². The summed E-state index contributed by atoms with van der Waals surface area (Å²) in [6.07, 6.45) is 4.25. The molecule has 1 atom stereocenters. The molecule has 1 fully saturated rings. The van der Waals surface area contributed by atoms with Gasteiger partial charge in [-0.05, 0) is 31.0 Å². The Bertz CT molecular complexity index is 464. The molecule has 2 heterocycles. The van der Waals surface area contributed by atoms with Gasteiger partial charge in [0.15, 0.2) is 0 Å². The Balaban J connectivity index is 1.51. The lowest BCUT2D eigenvalue weighted by atomic mass is 10.1. The zero-order chi connectivity index (χ0) is 12.2. The molecule has 1 aromatic carbocycles. The molecular formula is C15H19N3. The molecule has 0 aliphatic carbocycles. The molecule has 1 N–H and O–H groups in total. The SMILES string of the molecule is c1ccc(CCN2CC[C@H](c3ccn[nH]3)C2)cc1. The third-order valence-electron chi connectivity index (χ3n) is 3.79. The highest BCUT2D eigenvalue weighted by Crippen LogP contribution is 2.25. The topological polar surface area (TPSA) is 31.9 Å². The maximum Gasteiger partial charge on any atom is 0.0490 e. The summed E-state index contributed by atoms with van der Waals surface area (Å²) in [4.78, 5) is 2.55. The largest absolute Gasteiger partial charge is 0.302 e. The lowest BCUT2D eigenvalue weighted by molar-refractivity contribution is 0.338. The molecule has 1 aliphatic heterocycles. The molecule has 0 amide bonds. The van der Waals surface area contributed by atoms with Crippen molar-refractivity contribution in [3.63, 3.8) is 0 Å². The molecule has 1 saturated heterocycles. The predicted octanol–water partition coefficient (Wildman–Crippen LogP) is 2.44. The molecule has 1 aromatic heterocycles. The smallest absolute Gasteiger partial charge is 0.0490 e. The lowest BCUT2D eigenvalue weighted by Crippen LogP contribution is -2.23. The highest BCUT2D eigenvalue weighted by molar-refractivity contribution is 5.15. The zero-order valence-electron chi connectivity index (χ0n) is 10.5. The number of likely N-dealkylation sites (tertiary alicyclic amines) is 1. The normalized spacial score (nSPS) is 20.3. The highest BCUT2D eigenvalue weighted by Gasteiger charge is 2.24. The van der Waals surface area contributed by atoms with Crippen LogP contribution in [0.1, 0.15) is 23.6 Å². The van der Waals surface area contributed by atoms with E-state index in [0.29, 0.717) is 5.92 Å². The first-order chi connectivity index (χ1) is 8.92. The van der Waals surface area contributed by atoms with Gasteiger partial charge in [-0.3, -0.25) is 5.10 Å². The van der Waals surface area contributed by atoms with Crippen molar-refractivity contribution >= 4 is 0 Å². The van der Waals surface area contributed by atoms with E-state index in [1.807, 2.05) is 6.20 Å². The molecule has 3 rings (SSSR count). The monoisotopic (exact) mass is 241 g/mol. The van der Waals surface area contributed by atoms with Crippen LogP contribution in [0.5, 0.6) is 0 Å². The summed E-state index contributed by atoms with van der Waals surface area (Å²) in [7, 11) is 0. The Morgan fingerprint density at radius 2 is 2.11 bits per heavy atom. The van der Waals surface area contributed by atoms with Crippen molar-refractivity contribution in [2.24, 2.45) is 0 Å². The third-order valence-corrected chi connectivity index (χ3v) is 3.79. The Hall–Kier alpha value is -1.61. The number of H-pyrrole nitrogens is 1. The summed E-state index contributed by atoms with van der Waals surface area (Å²) in [6, 6.07) is 12.8. The first kappa shape index (κ1) is 11.5. The number of aromatic amines is 1. The van der Waals surface area contributed by atoms with Gasteiger partial charge < -0.3 is 4.90 Å². The van der Waals surface area contributed by atoms with Crippen molar-refractivity contribution in [1.29, 1.82) is 0 Å². The minimum Gasteiger partial charge on any atom is -0.302 e. The van der Waals surface area contributed by atoms with Crippen molar-refractivity contribution in [2.75, 3.05) is 19.6 Å². The number of hydrogen-bond donors (Lipinski definition) is 1. The van der Waals surface area contributed by atoms with E-state index in [9.17, 15) is 0 Å². The summed E-state index contributed by atoms with van der Waals surface area (Å²) >= 11 is 0. The minimum absolute atomic E-state index is 0.642. The summed E-state index contributed by atoms with van der Waals surface area (Å²) in [5, 5.41) is 7.14.